The van der Waals surface area contributed by atoms with Crippen LogP contribution in [0.2, 0.25) is 0 Å². The van der Waals surface area contributed by atoms with Gasteiger partial charge in [-0.1, -0.05) is 17.7 Å². The Morgan fingerprint density at radius 2 is 2.43 bits per heavy atom. The third-order valence-corrected chi connectivity index (χ3v) is 3.37. The molecule has 0 aromatic heterocycles. The Kier molecular flexibility index (Phi) is 3.94. The molecule has 1 aliphatic rings. The Hall–Kier alpha value is -0.560. The molecule has 0 fully saturated rings. The Morgan fingerprint density at radius 3 is 2.93 bits per heavy atom. The van der Waals surface area contributed by atoms with Crippen LogP contribution in [-0.2, 0) is 0 Å². The van der Waals surface area contributed by atoms with Crippen LogP contribution in [0.3, 0.4) is 0 Å². The molecule has 0 saturated carbocycles. The van der Waals surface area contributed by atoms with Gasteiger partial charge < -0.3 is 5.11 Å². The maximum Gasteiger partial charge on any atom is 0.0653 e. The van der Waals surface area contributed by atoms with Crippen LogP contribution >= 0.6 is 0 Å². The van der Waals surface area contributed by atoms with Crippen molar-refractivity contribution in [2.24, 2.45) is 5.92 Å². The van der Waals surface area contributed by atoms with Gasteiger partial charge in [-0.25, -0.2) is 0 Å². The molecular weight excluding hydrogens is 172 g/mol. The smallest absolute Gasteiger partial charge is 0.0653 e. The van der Waals surface area contributed by atoms with Crippen molar-refractivity contribution in [2.75, 3.05) is 0 Å². The van der Waals surface area contributed by atoms with Gasteiger partial charge in [-0.05, 0) is 51.9 Å². The highest BCUT2D eigenvalue weighted by molar-refractivity contribution is 5.05. The van der Waals surface area contributed by atoms with Gasteiger partial charge in [0.05, 0.1) is 5.60 Å². The summed E-state index contributed by atoms with van der Waals surface area (Å²) in [4.78, 5) is 0. The van der Waals surface area contributed by atoms with Crippen molar-refractivity contribution in [1.82, 2.24) is 0 Å². The van der Waals surface area contributed by atoms with Crippen molar-refractivity contribution in [3.63, 3.8) is 0 Å². The van der Waals surface area contributed by atoms with Gasteiger partial charge in [-0.15, -0.1) is 6.58 Å². The number of allylic oxidation sites excluding steroid dienone is 3. The quantitative estimate of drug-likeness (QED) is 0.680. The van der Waals surface area contributed by atoms with E-state index in [9.17, 15) is 5.11 Å². The highest BCUT2D eigenvalue weighted by Crippen LogP contribution is 2.34. The van der Waals surface area contributed by atoms with Crippen molar-refractivity contribution < 1.29 is 5.11 Å². The lowest BCUT2D eigenvalue weighted by Crippen LogP contribution is -2.35. The maximum atomic E-state index is 10.3. The van der Waals surface area contributed by atoms with Crippen LogP contribution < -0.4 is 0 Å². The standard InChI is InChI=1S/C13H22O/c1-4-5-10-13(3,14)12-8-6-11(2)7-9-12/h4,6,12,14H,1,5,7-10H2,2-3H3/t12-,13+/m0/s1. The zero-order valence-electron chi connectivity index (χ0n) is 9.42. The fourth-order valence-corrected chi connectivity index (χ4v) is 2.13. The van der Waals surface area contributed by atoms with E-state index in [0.717, 1.165) is 32.1 Å². The van der Waals surface area contributed by atoms with Crippen LogP contribution in [0.5, 0.6) is 0 Å². The van der Waals surface area contributed by atoms with Crippen LogP contribution in [-0.4, -0.2) is 10.7 Å². The van der Waals surface area contributed by atoms with E-state index >= 15 is 0 Å². The molecule has 0 aliphatic heterocycles. The van der Waals surface area contributed by atoms with Gasteiger partial charge in [-0.2, -0.15) is 0 Å². The maximum absolute atomic E-state index is 10.3. The average molecular weight is 194 g/mol. The van der Waals surface area contributed by atoms with Crippen LogP contribution in [0.25, 0.3) is 0 Å². The van der Waals surface area contributed by atoms with E-state index in [1.165, 1.54) is 5.57 Å². The molecule has 1 N–H and O–H groups in total. The van der Waals surface area contributed by atoms with Crippen molar-refractivity contribution in [1.29, 1.82) is 0 Å². The molecule has 0 aromatic carbocycles. The second-order valence-electron chi connectivity index (χ2n) is 4.71. The van der Waals surface area contributed by atoms with Crippen molar-refractivity contribution in [3.8, 4) is 0 Å². The largest absolute Gasteiger partial charge is 0.390 e. The first kappa shape index (κ1) is 11.5. The molecule has 2 atom stereocenters. The Labute approximate surface area is 87.5 Å². The lowest BCUT2D eigenvalue weighted by molar-refractivity contribution is -0.0121. The molecule has 0 bridgehead atoms. The third kappa shape index (κ3) is 2.98. The summed E-state index contributed by atoms with van der Waals surface area (Å²) in [6.45, 7) is 7.84. The molecule has 1 aliphatic carbocycles. The highest BCUT2D eigenvalue weighted by Gasteiger charge is 2.31. The molecule has 1 heteroatoms. The van der Waals surface area contributed by atoms with Crippen LogP contribution in [0.15, 0.2) is 24.3 Å². The van der Waals surface area contributed by atoms with E-state index in [0.29, 0.717) is 5.92 Å². The van der Waals surface area contributed by atoms with E-state index < -0.39 is 5.60 Å². The predicted octanol–water partition coefficient (Wildman–Crippen LogP) is 3.45. The highest BCUT2D eigenvalue weighted by atomic mass is 16.3. The lowest BCUT2D eigenvalue weighted by atomic mass is 9.76. The minimum Gasteiger partial charge on any atom is -0.390 e. The Balaban J connectivity index is 2.51. The minimum atomic E-state index is -0.509. The molecule has 0 radical (unpaired) electrons. The number of aliphatic hydroxyl groups is 1. The summed E-state index contributed by atoms with van der Waals surface area (Å²) < 4.78 is 0. The molecule has 0 aromatic rings. The third-order valence-electron chi connectivity index (χ3n) is 3.37. The normalized spacial score (nSPS) is 26.5. The summed E-state index contributed by atoms with van der Waals surface area (Å²) in [5, 5.41) is 10.3. The molecule has 0 amide bonds. The monoisotopic (exact) mass is 194 g/mol. The van der Waals surface area contributed by atoms with Crippen molar-refractivity contribution in [3.05, 3.63) is 24.3 Å². The predicted molar refractivity (Wildman–Crippen MR) is 61.2 cm³/mol. The summed E-state index contributed by atoms with van der Waals surface area (Å²) >= 11 is 0. The first-order chi connectivity index (χ1) is 6.56. The van der Waals surface area contributed by atoms with Gasteiger partial charge in [0.25, 0.3) is 0 Å². The van der Waals surface area contributed by atoms with Crippen LogP contribution in [0.4, 0.5) is 0 Å². The fourth-order valence-electron chi connectivity index (χ4n) is 2.13. The molecule has 0 heterocycles. The minimum absolute atomic E-state index is 0.436. The summed E-state index contributed by atoms with van der Waals surface area (Å²) in [7, 11) is 0. The van der Waals surface area contributed by atoms with Crippen LogP contribution in [0.1, 0.15) is 46.0 Å². The molecule has 14 heavy (non-hydrogen) atoms. The Bertz CT molecular complexity index is 225. The van der Waals surface area contributed by atoms with Gasteiger partial charge in [-0.3, -0.25) is 0 Å². The molecule has 0 saturated heterocycles. The van der Waals surface area contributed by atoms with E-state index in [2.05, 4.69) is 19.6 Å². The van der Waals surface area contributed by atoms with E-state index in [4.69, 9.17) is 0 Å². The van der Waals surface area contributed by atoms with Gasteiger partial charge in [0, 0.05) is 0 Å². The second kappa shape index (κ2) is 4.79. The van der Waals surface area contributed by atoms with E-state index in [1.807, 2.05) is 13.0 Å². The topological polar surface area (TPSA) is 20.2 Å². The first-order valence-electron chi connectivity index (χ1n) is 5.55. The zero-order valence-corrected chi connectivity index (χ0v) is 9.42. The average Bonchev–Trinajstić information content (AvgIpc) is 2.16. The van der Waals surface area contributed by atoms with Gasteiger partial charge in [0.1, 0.15) is 0 Å². The summed E-state index contributed by atoms with van der Waals surface area (Å²) in [6.07, 6.45) is 9.23. The van der Waals surface area contributed by atoms with Gasteiger partial charge in [0.2, 0.25) is 0 Å². The Morgan fingerprint density at radius 1 is 1.71 bits per heavy atom. The first-order valence-corrected chi connectivity index (χ1v) is 5.55. The SMILES string of the molecule is C=CCC[C@@](C)(O)[C@H]1CC=C(C)CC1. The van der Waals surface area contributed by atoms with Crippen molar-refractivity contribution in [2.45, 2.75) is 51.6 Å². The molecule has 80 valence electrons. The fraction of sp³-hybridized carbons (Fsp3) is 0.692. The second-order valence-corrected chi connectivity index (χ2v) is 4.71. The van der Waals surface area contributed by atoms with E-state index in [1.54, 1.807) is 0 Å². The summed E-state index contributed by atoms with van der Waals surface area (Å²) in [5.41, 5.74) is 0.964. The van der Waals surface area contributed by atoms with E-state index in [-0.39, 0.29) is 0 Å². The van der Waals surface area contributed by atoms with Crippen LogP contribution in [0, 0.1) is 5.92 Å². The lowest BCUT2D eigenvalue weighted by Gasteiger charge is -2.34. The molecule has 1 nitrogen and oxygen atoms in total. The number of hydrogen-bond acceptors (Lipinski definition) is 1. The summed E-state index contributed by atoms with van der Waals surface area (Å²) in [6, 6.07) is 0. The van der Waals surface area contributed by atoms with Crippen molar-refractivity contribution >= 4 is 0 Å². The molecule has 1 rings (SSSR count). The number of rotatable bonds is 4. The zero-order chi connectivity index (χ0) is 10.6. The number of hydrogen-bond donors (Lipinski definition) is 1. The molecule has 0 spiro atoms. The summed E-state index contributed by atoms with van der Waals surface area (Å²) in [5.74, 6) is 0.436. The van der Waals surface area contributed by atoms with Gasteiger partial charge in [0.15, 0.2) is 0 Å². The molecular formula is C13H22O. The molecule has 0 unspecified atom stereocenters. The van der Waals surface area contributed by atoms with Gasteiger partial charge >= 0.3 is 0 Å².